The van der Waals surface area contributed by atoms with Gasteiger partial charge in [0.05, 0.1) is 18.9 Å². The van der Waals surface area contributed by atoms with Gasteiger partial charge < -0.3 is 19.2 Å². The summed E-state index contributed by atoms with van der Waals surface area (Å²) in [5, 5.41) is 9.24. The molecule has 1 atom stereocenters. The first-order valence-corrected chi connectivity index (χ1v) is 7.22. The van der Waals surface area contributed by atoms with E-state index in [1.165, 1.54) is 4.90 Å². The topological polar surface area (TPSA) is 92.9 Å². The van der Waals surface area contributed by atoms with Gasteiger partial charge in [-0.3, -0.25) is 4.79 Å². The molecule has 1 aromatic carbocycles. The number of rotatable bonds is 3. The maximum Gasteiger partial charge on any atom is 0.328 e. The monoisotopic (exact) mass is 316 g/mol. The Kier molecular flexibility index (Phi) is 4.12. The summed E-state index contributed by atoms with van der Waals surface area (Å²) in [5.74, 6) is -1.17. The smallest absolute Gasteiger partial charge is 0.328 e. The molecule has 120 valence electrons. The summed E-state index contributed by atoms with van der Waals surface area (Å²) in [6.45, 7) is 2.14. The number of aliphatic carboxylic acids is 1. The predicted octanol–water partition coefficient (Wildman–Crippen LogP) is 1.58. The number of morpholine rings is 1. The first-order valence-electron chi connectivity index (χ1n) is 7.22. The predicted molar refractivity (Wildman–Crippen MR) is 80.0 cm³/mol. The van der Waals surface area contributed by atoms with Crippen molar-refractivity contribution < 1.29 is 23.8 Å². The minimum atomic E-state index is -1.10. The number of carbonyl (C=O) groups is 2. The molecular weight excluding hydrogens is 300 g/mol. The molecular formula is C16H16N2O5. The van der Waals surface area contributed by atoms with Gasteiger partial charge in [-0.1, -0.05) is 18.2 Å². The van der Waals surface area contributed by atoms with Crippen molar-refractivity contribution in [2.45, 2.75) is 13.0 Å². The van der Waals surface area contributed by atoms with E-state index in [-0.39, 0.29) is 18.9 Å². The zero-order valence-electron chi connectivity index (χ0n) is 12.6. The van der Waals surface area contributed by atoms with E-state index in [4.69, 9.17) is 9.15 Å². The van der Waals surface area contributed by atoms with Crippen LogP contribution < -0.4 is 0 Å². The second kappa shape index (κ2) is 6.21. The van der Waals surface area contributed by atoms with E-state index in [0.29, 0.717) is 18.2 Å². The summed E-state index contributed by atoms with van der Waals surface area (Å²) < 4.78 is 10.8. The quantitative estimate of drug-likeness (QED) is 0.924. The van der Waals surface area contributed by atoms with Gasteiger partial charge in [0.1, 0.15) is 0 Å². The average molecular weight is 316 g/mol. The van der Waals surface area contributed by atoms with Gasteiger partial charge in [-0.15, -0.1) is 0 Å². The highest BCUT2D eigenvalue weighted by Crippen LogP contribution is 2.23. The molecule has 1 aliphatic rings. The van der Waals surface area contributed by atoms with Gasteiger partial charge in [0.25, 0.3) is 5.91 Å². The Labute approximate surface area is 132 Å². The van der Waals surface area contributed by atoms with Gasteiger partial charge in [-0.25, -0.2) is 9.78 Å². The van der Waals surface area contributed by atoms with Gasteiger partial charge in [-0.2, -0.15) is 0 Å². The van der Waals surface area contributed by atoms with E-state index in [2.05, 4.69) is 4.98 Å². The lowest BCUT2D eigenvalue weighted by Crippen LogP contribution is -2.52. The van der Waals surface area contributed by atoms with Crippen molar-refractivity contribution in [1.82, 2.24) is 9.88 Å². The normalized spacial score (nSPS) is 18.0. The van der Waals surface area contributed by atoms with Crippen LogP contribution in [0.2, 0.25) is 0 Å². The molecule has 1 aromatic heterocycles. The molecule has 7 nitrogen and oxygen atoms in total. The van der Waals surface area contributed by atoms with Crippen LogP contribution in [0.25, 0.3) is 11.5 Å². The third-order valence-electron chi connectivity index (χ3n) is 3.69. The van der Waals surface area contributed by atoms with Crippen molar-refractivity contribution >= 4 is 11.9 Å². The fourth-order valence-corrected chi connectivity index (χ4v) is 2.48. The maximum atomic E-state index is 12.7. The molecule has 3 rings (SSSR count). The Hall–Kier alpha value is -2.67. The number of benzene rings is 1. The number of oxazole rings is 1. The second-order valence-electron chi connectivity index (χ2n) is 5.23. The van der Waals surface area contributed by atoms with Crippen LogP contribution in [0.3, 0.4) is 0 Å². The number of amides is 1. The molecule has 7 heteroatoms. The highest BCUT2D eigenvalue weighted by molar-refractivity contribution is 5.95. The lowest BCUT2D eigenvalue weighted by molar-refractivity contribution is -0.147. The van der Waals surface area contributed by atoms with Gasteiger partial charge in [0.2, 0.25) is 11.7 Å². The van der Waals surface area contributed by atoms with Gasteiger partial charge in [0, 0.05) is 12.1 Å². The Balaban J connectivity index is 1.90. The molecule has 0 saturated carbocycles. The lowest BCUT2D eigenvalue weighted by Gasteiger charge is -2.32. The van der Waals surface area contributed by atoms with Crippen LogP contribution >= 0.6 is 0 Å². The number of hydrogen-bond acceptors (Lipinski definition) is 5. The standard InChI is InChI=1S/C16H16N2O5/c1-10-13(23-14(17-10)11-5-3-2-4-6-11)15(19)18-7-8-22-9-12(18)16(20)21/h2-6,12H,7-9H2,1H3,(H,20,21). The summed E-state index contributed by atoms with van der Waals surface area (Å²) in [7, 11) is 0. The van der Waals surface area contributed by atoms with E-state index in [1.807, 2.05) is 30.3 Å². The molecule has 2 heterocycles. The lowest BCUT2D eigenvalue weighted by atomic mass is 10.2. The number of hydrogen-bond donors (Lipinski definition) is 1. The van der Waals surface area contributed by atoms with Crippen LogP contribution in [-0.4, -0.2) is 52.7 Å². The maximum absolute atomic E-state index is 12.7. The number of ether oxygens (including phenoxy) is 1. The van der Waals surface area contributed by atoms with Crippen molar-refractivity contribution in [3.63, 3.8) is 0 Å². The minimum Gasteiger partial charge on any atom is -0.480 e. The number of aryl methyl sites for hydroxylation is 1. The van der Waals surface area contributed by atoms with Crippen molar-refractivity contribution in [1.29, 1.82) is 0 Å². The third kappa shape index (κ3) is 2.95. The van der Waals surface area contributed by atoms with Gasteiger partial charge >= 0.3 is 5.97 Å². The first-order chi connectivity index (χ1) is 11.1. The molecule has 2 aromatic rings. The van der Waals surface area contributed by atoms with Crippen LogP contribution in [0.1, 0.15) is 16.2 Å². The molecule has 1 amide bonds. The average Bonchev–Trinajstić information content (AvgIpc) is 2.97. The summed E-state index contributed by atoms with van der Waals surface area (Å²) in [4.78, 5) is 29.5. The molecule has 1 unspecified atom stereocenters. The number of carboxylic acids is 1. The van der Waals surface area contributed by atoms with E-state index < -0.39 is 17.9 Å². The molecule has 1 aliphatic heterocycles. The Morgan fingerprint density at radius 2 is 2.04 bits per heavy atom. The number of carboxylic acid groups (broad SMARTS) is 1. The molecule has 0 radical (unpaired) electrons. The fourth-order valence-electron chi connectivity index (χ4n) is 2.48. The minimum absolute atomic E-state index is 0.0280. The number of carbonyl (C=O) groups excluding carboxylic acids is 1. The van der Waals surface area contributed by atoms with E-state index in [9.17, 15) is 14.7 Å². The third-order valence-corrected chi connectivity index (χ3v) is 3.69. The zero-order chi connectivity index (χ0) is 16.4. The summed E-state index contributed by atoms with van der Waals surface area (Å²) in [6, 6.07) is 8.21. The van der Waals surface area contributed by atoms with Crippen molar-refractivity contribution in [2.24, 2.45) is 0 Å². The summed E-state index contributed by atoms with van der Waals surface area (Å²) in [5.41, 5.74) is 1.19. The Morgan fingerprint density at radius 3 is 2.74 bits per heavy atom. The van der Waals surface area contributed by atoms with E-state index >= 15 is 0 Å². The molecule has 1 N–H and O–H groups in total. The molecule has 0 aliphatic carbocycles. The zero-order valence-corrected chi connectivity index (χ0v) is 12.6. The molecule has 0 spiro atoms. The molecule has 1 saturated heterocycles. The van der Waals surface area contributed by atoms with Crippen LogP contribution in [0.15, 0.2) is 34.7 Å². The molecule has 0 bridgehead atoms. The van der Waals surface area contributed by atoms with Crippen molar-refractivity contribution in [3.8, 4) is 11.5 Å². The van der Waals surface area contributed by atoms with E-state index in [1.54, 1.807) is 6.92 Å². The number of aromatic nitrogens is 1. The van der Waals surface area contributed by atoms with Crippen LogP contribution in [-0.2, 0) is 9.53 Å². The van der Waals surface area contributed by atoms with Crippen molar-refractivity contribution in [3.05, 3.63) is 41.8 Å². The SMILES string of the molecule is Cc1nc(-c2ccccc2)oc1C(=O)N1CCOCC1C(=O)O. The highest BCUT2D eigenvalue weighted by Gasteiger charge is 2.35. The van der Waals surface area contributed by atoms with Gasteiger partial charge in [-0.05, 0) is 19.1 Å². The Bertz CT molecular complexity index is 725. The number of nitrogens with zero attached hydrogens (tertiary/aromatic N) is 2. The van der Waals surface area contributed by atoms with Gasteiger partial charge in [0.15, 0.2) is 6.04 Å². The van der Waals surface area contributed by atoms with Crippen LogP contribution in [0.5, 0.6) is 0 Å². The molecule has 23 heavy (non-hydrogen) atoms. The van der Waals surface area contributed by atoms with E-state index in [0.717, 1.165) is 5.56 Å². The Morgan fingerprint density at radius 1 is 1.30 bits per heavy atom. The highest BCUT2D eigenvalue weighted by atomic mass is 16.5. The van der Waals surface area contributed by atoms with Crippen molar-refractivity contribution in [2.75, 3.05) is 19.8 Å². The summed E-state index contributed by atoms with van der Waals surface area (Å²) in [6.07, 6.45) is 0. The first kappa shape index (κ1) is 15.2. The largest absolute Gasteiger partial charge is 0.480 e. The van der Waals surface area contributed by atoms with Crippen LogP contribution in [0, 0.1) is 6.92 Å². The summed E-state index contributed by atoms with van der Waals surface area (Å²) >= 11 is 0. The second-order valence-corrected chi connectivity index (χ2v) is 5.23. The molecule has 1 fully saturated rings. The van der Waals surface area contributed by atoms with Crippen LogP contribution in [0.4, 0.5) is 0 Å². The fraction of sp³-hybridized carbons (Fsp3) is 0.312.